The Hall–Kier alpha value is -0.640. The third kappa shape index (κ3) is 3.18. The van der Waals surface area contributed by atoms with E-state index < -0.39 is 5.82 Å². The van der Waals surface area contributed by atoms with Crippen molar-refractivity contribution in [2.24, 2.45) is 0 Å². The minimum atomic E-state index is -0.434. The summed E-state index contributed by atoms with van der Waals surface area (Å²) in [7, 11) is 0. The average Bonchev–Trinajstić information content (AvgIpc) is 2.82. The molecule has 0 amide bonds. The van der Waals surface area contributed by atoms with Crippen molar-refractivity contribution in [3.8, 4) is 0 Å². The van der Waals surface area contributed by atoms with Crippen LogP contribution in [0.25, 0.3) is 0 Å². The van der Waals surface area contributed by atoms with Crippen LogP contribution in [0.1, 0.15) is 37.3 Å². The minimum Gasteiger partial charge on any atom is -0.394 e. The van der Waals surface area contributed by atoms with Crippen molar-refractivity contribution in [1.82, 2.24) is 5.32 Å². The summed E-state index contributed by atoms with van der Waals surface area (Å²) in [5.74, 6) is -0.434. The largest absolute Gasteiger partial charge is 0.394 e. The summed E-state index contributed by atoms with van der Waals surface area (Å²) < 4.78 is 13.3. The lowest BCUT2D eigenvalue weighted by molar-refractivity contribution is 0.232. The Bertz CT molecular complexity index is 380. The lowest BCUT2D eigenvalue weighted by Gasteiger charge is -2.21. The van der Waals surface area contributed by atoms with Gasteiger partial charge >= 0.3 is 0 Å². The quantitative estimate of drug-likeness (QED) is 0.869. The molecule has 0 heterocycles. The molecule has 2 N–H and O–H groups in total. The number of rotatable bonds is 4. The standard InChI is InChI=1S/C13H17ClFNO/c14-11-6-5-9(7-12(11)15)13(8-17)16-10-3-1-2-4-10/h5-7,10,13,16-17H,1-4,8H2. The fraction of sp³-hybridized carbons (Fsp3) is 0.538. The van der Waals surface area contributed by atoms with E-state index in [1.165, 1.54) is 25.0 Å². The van der Waals surface area contributed by atoms with E-state index in [4.69, 9.17) is 11.6 Å². The Morgan fingerprint density at radius 2 is 2.12 bits per heavy atom. The van der Waals surface area contributed by atoms with E-state index in [1.54, 1.807) is 6.07 Å². The van der Waals surface area contributed by atoms with Crippen LogP contribution in [0, 0.1) is 5.82 Å². The first-order valence-electron chi connectivity index (χ1n) is 6.02. The maximum atomic E-state index is 13.3. The number of nitrogens with one attached hydrogen (secondary N) is 1. The molecule has 1 fully saturated rings. The maximum absolute atomic E-state index is 13.3. The lowest BCUT2D eigenvalue weighted by Crippen LogP contribution is -2.32. The summed E-state index contributed by atoms with van der Waals surface area (Å²) in [6.07, 6.45) is 4.72. The average molecular weight is 258 g/mol. The molecule has 1 aliphatic rings. The molecule has 0 saturated heterocycles. The zero-order valence-electron chi connectivity index (χ0n) is 9.63. The first-order chi connectivity index (χ1) is 8.20. The number of hydrogen-bond acceptors (Lipinski definition) is 2. The monoisotopic (exact) mass is 257 g/mol. The number of benzene rings is 1. The van der Waals surface area contributed by atoms with Crippen LogP contribution in [0.2, 0.25) is 5.02 Å². The predicted octanol–water partition coefficient (Wildman–Crippen LogP) is 3.04. The van der Waals surface area contributed by atoms with Gasteiger partial charge in [0, 0.05) is 6.04 Å². The molecule has 0 radical (unpaired) electrons. The minimum absolute atomic E-state index is 0.0302. The van der Waals surface area contributed by atoms with Gasteiger partial charge in [0.25, 0.3) is 0 Å². The molecule has 17 heavy (non-hydrogen) atoms. The molecule has 2 nitrogen and oxygen atoms in total. The normalized spacial score (nSPS) is 18.5. The highest BCUT2D eigenvalue weighted by atomic mass is 35.5. The topological polar surface area (TPSA) is 32.3 Å². The van der Waals surface area contributed by atoms with Crippen molar-refractivity contribution < 1.29 is 9.50 Å². The summed E-state index contributed by atoms with van der Waals surface area (Å²) in [4.78, 5) is 0. The van der Waals surface area contributed by atoms with Crippen molar-refractivity contribution in [1.29, 1.82) is 0 Å². The first kappa shape index (κ1) is 12.8. The molecule has 0 aliphatic heterocycles. The zero-order chi connectivity index (χ0) is 12.3. The molecule has 94 valence electrons. The fourth-order valence-corrected chi connectivity index (χ4v) is 2.48. The van der Waals surface area contributed by atoms with Gasteiger partial charge in [-0.1, -0.05) is 30.5 Å². The Morgan fingerprint density at radius 3 is 2.71 bits per heavy atom. The molecule has 2 rings (SSSR count). The van der Waals surface area contributed by atoms with Gasteiger partial charge in [0.15, 0.2) is 0 Å². The van der Waals surface area contributed by atoms with Crippen molar-refractivity contribution in [2.45, 2.75) is 37.8 Å². The van der Waals surface area contributed by atoms with Crippen LogP contribution in [0.15, 0.2) is 18.2 Å². The second-order valence-corrected chi connectivity index (χ2v) is 4.96. The van der Waals surface area contributed by atoms with Crippen LogP contribution in [-0.2, 0) is 0 Å². The SMILES string of the molecule is OCC(NC1CCCC1)c1ccc(Cl)c(F)c1. The Kier molecular flexibility index (Phi) is 4.37. The third-order valence-corrected chi connectivity index (χ3v) is 3.63. The number of aliphatic hydroxyl groups is 1. The van der Waals surface area contributed by atoms with E-state index in [9.17, 15) is 9.50 Å². The lowest BCUT2D eigenvalue weighted by atomic mass is 10.1. The molecular weight excluding hydrogens is 241 g/mol. The third-order valence-electron chi connectivity index (χ3n) is 3.32. The molecule has 1 aromatic carbocycles. The number of halogens is 2. The van der Waals surface area contributed by atoms with E-state index in [0.29, 0.717) is 6.04 Å². The smallest absolute Gasteiger partial charge is 0.142 e. The highest BCUT2D eigenvalue weighted by Crippen LogP contribution is 2.24. The number of hydrogen-bond donors (Lipinski definition) is 2. The van der Waals surface area contributed by atoms with Crippen LogP contribution < -0.4 is 5.32 Å². The summed E-state index contributed by atoms with van der Waals surface area (Å²) in [5.41, 5.74) is 0.751. The van der Waals surface area contributed by atoms with Gasteiger partial charge in [0.1, 0.15) is 5.82 Å². The predicted molar refractivity (Wildman–Crippen MR) is 66.6 cm³/mol. The van der Waals surface area contributed by atoms with E-state index >= 15 is 0 Å². The molecule has 0 bridgehead atoms. The summed E-state index contributed by atoms with van der Waals surface area (Å²) in [6, 6.07) is 4.92. The fourth-order valence-electron chi connectivity index (χ4n) is 2.36. The Morgan fingerprint density at radius 1 is 1.41 bits per heavy atom. The van der Waals surface area contributed by atoms with Crippen LogP contribution in [-0.4, -0.2) is 17.8 Å². The maximum Gasteiger partial charge on any atom is 0.142 e. The van der Waals surface area contributed by atoms with Gasteiger partial charge in [0.2, 0.25) is 0 Å². The second kappa shape index (κ2) is 5.80. The van der Waals surface area contributed by atoms with Crippen molar-refractivity contribution in [2.75, 3.05) is 6.61 Å². The van der Waals surface area contributed by atoms with E-state index in [1.807, 2.05) is 0 Å². The summed E-state index contributed by atoms with van der Waals surface area (Å²) >= 11 is 5.64. The van der Waals surface area contributed by atoms with Gasteiger partial charge in [-0.3, -0.25) is 0 Å². The van der Waals surface area contributed by atoms with E-state index in [2.05, 4.69) is 5.32 Å². The van der Waals surface area contributed by atoms with Crippen LogP contribution in [0.5, 0.6) is 0 Å². The molecule has 1 saturated carbocycles. The zero-order valence-corrected chi connectivity index (χ0v) is 10.4. The molecule has 1 unspecified atom stereocenters. The summed E-state index contributed by atoms with van der Waals surface area (Å²) in [6.45, 7) is -0.0302. The second-order valence-electron chi connectivity index (χ2n) is 4.56. The highest BCUT2D eigenvalue weighted by molar-refractivity contribution is 6.30. The Labute approximate surface area is 106 Å². The molecular formula is C13H17ClFNO. The number of aliphatic hydroxyl groups excluding tert-OH is 1. The van der Waals surface area contributed by atoms with Crippen molar-refractivity contribution >= 4 is 11.6 Å². The van der Waals surface area contributed by atoms with Crippen molar-refractivity contribution in [3.05, 3.63) is 34.6 Å². The molecule has 4 heteroatoms. The van der Waals surface area contributed by atoms with Crippen LogP contribution in [0.3, 0.4) is 0 Å². The van der Waals surface area contributed by atoms with Crippen LogP contribution in [0.4, 0.5) is 4.39 Å². The van der Waals surface area contributed by atoms with E-state index in [0.717, 1.165) is 18.4 Å². The molecule has 0 aromatic heterocycles. The summed E-state index contributed by atoms with van der Waals surface area (Å²) in [5, 5.41) is 12.9. The van der Waals surface area contributed by atoms with Gasteiger partial charge < -0.3 is 10.4 Å². The van der Waals surface area contributed by atoms with Gasteiger partial charge in [-0.25, -0.2) is 4.39 Å². The van der Waals surface area contributed by atoms with Crippen LogP contribution >= 0.6 is 11.6 Å². The van der Waals surface area contributed by atoms with Gasteiger partial charge in [-0.15, -0.1) is 0 Å². The van der Waals surface area contributed by atoms with Gasteiger partial charge in [-0.2, -0.15) is 0 Å². The molecule has 1 atom stereocenters. The molecule has 0 spiro atoms. The molecule has 1 aliphatic carbocycles. The Balaban J connectivity index is 2.08. The van der Waals surface area contributed by atoms with Gasteiger partial charge in [0.05, 0.1) is 17.7 Å². The first-order valence-corrected chi connectivity index (χ1v) is 6.40. The van der Waals surface area contributed by atoms with Crippen molar-refractivity contribution in [3.63, 3.8) is 0 Å². The molecule has 1 aromatic rings. The highest BCUT2D eigenvalue weighted by Gasteiger charge is 2.20. The van der Waals surface area contributed by atoms with E-state index in [-0.39, 0.29) is 17.7 Å². The van der Waals surface area contributed by atoms with Gasteiger partial charge in [-0.05, 0) is 30.5 Å².